The molecule has 180 valence electrons. The normalized spacial score (nSPS) is 14.3. The number of carbonyl (C=O) groups excluding carboxylic acids is 3. The van der Waals surface area contributed by atoms with Crippen LogP contribution in [0.25, 0.3) is 0 Å². The summed E-state index contributed by atoms with van der Waals surface area (Å²) in [7, 11) is 1.56. The van der Waals surface area contributed by atoms with Crippen LogP contribution in [0.4, 0.5) is 0 Å². The maximum Gasteiger partial charge on any atom is 0.255 e. The molecule has 0 aromatic heterocycles. The molecule has 0 spiro atoms. The lowest BCUT2D eigenvalue weighted by Crippen LogP contribution is -2.43. The Morgan fingerprint density at radius 1 is 0.886 bits per heavy atom. The second-order valence-corrected chi connectivity index (χ2v) is 7.98. The summed E-state index contributed by atoms with van der Waals surface area (Å²) >= 11 is 0. The number of carbonyl (C=O) groups is 3. The second kappa shape index (κ2) is 11.2. The van der Waals surface area contributed by atoms with E-state index in [-0.39, 0.29) is 31.5 Å². The maximum atomic E-state index is 13.1. The number of ether oxygens (including phenoxy) is 2. The first-order valence-corrected chi connectivity index (χ1v) is 11.3. The Balaban J connectivity index is 1.32. The highest BCUT2D eigenvalue weighted by atomic mass is 16.5. The summed E-state index contributed by atoms with van der Waals surface area (Å²) in [5, 5.41) is 5.39. The van der Waals surface area contributed by atoms with Crippen molar-refractivity contribution in [3.8, 4) is 11.5 Å². The van der Waals surface area contributed by atoms with Crippen molar-refractivity contribution in [2.24, 2.45) is 0 Å². The van der Waals surface area contributed by atoms with E-state index < -0.39 is 11.9 Å². The van der Waals surface area contributed by atoms with E-state index in [9.17, 15) is 14.4 Å². The van der Waals surface area contributed by atoms with Crippen molar-refractivity contribution in [1.29, 1.82) is 0 Å². The molecule has 0 saturated carbocycles. The van der Waals surface area contributed by atoms with Gasteiger partial charge in [0.1, 0.15) is 12.6 Å². The van der Waals surface area contributed by atoms with Gasteiger partial charge >= 0.3 is 0 Å². The van der Waals surface area contributed by atoms with Crippen LogP contribution in [-0.4, -0.2) is 49.4 Å². The van der Waals surface area contributed by atoms with Crippen molar-refractivity contribution in [3.63, 3.8) is 0 Å². The molecule has 3 aromatic carbocycles. The molecule has 0 unspecified atom stereocenters. The summed E-state index contributed by atoms with van der Waals surface area (Å²) in [6.45, 7) is 0.589. The Morgan fingerprint density at radius 2 is 1.57 bits per heavy atom. The summed E-state index contributed by atoms with van der Waals surface area (Å²) in [6.07, 6.45) is 0. The number of methoxy groups -OCH3 is 1. The molecule has 1 atom stereocenters. The highest BCUT2D eigenvalue weighted by Crippen LogP contribution is 2.34. The Hall–Kier alpha value is -4.33. The fourth-order valence-corrected chi connectivity index (χ4v) is 4.01. The summed E-state index contributed by atoms with van der Waals surface area (Å²) in [5.74, 6) is 0.231. The predicted octanol–water partition coefficient (Wildman–Crippen LogP) is 2.70. The molecule has 8 heteroatoms. The average Bonchev–Trinajstić information content (AvgIpc) is 3.17. The second-order valence-electron chi connectivity index (χ2n) is 7.98. The number of hydrogen-bond acceptors (Lipinski definition) is 5. The Morgan fingerprint density at radius 3 is 2.34 bits per heavy atom. The van der Waals surface area contributed by atoms with Gasteiger partial charge in [0.2, 0.25) is 11.8 Å². The minimum Gasteiger partial charge on any atom is -0.493 e. The molecule has 0 aliphatic carbocycles. The van der Waals surface area contributed by atoms with Crippen molar-refractivity contribution >= 4 is 17.7 Å². The van der Waals surface area contributed by atoms with Gasteiger partial charge in [-0.15, -0.1) is 0 Å². The molecule has 3 aromatic rings. The van der Waals surface area contributed by atoms with Gasteiger partial charge in [-0.3, -0.25) is 14.4 Å². The number of hydrogen-bond donors (Lipinski definition) is 2. The topological polar surface area (TPSA) is 97.0 Å². The highest BCUT2D eigenvalue weighted by Gasteiger charge is 2.40. The number of rotatable bonds is 10. The van der Waals surface area contributed by atoms with Crippen molar-refractivity contribution < 1.29 is 23.9 Å². The third-order valence-electron chi connectivity index (χ3n) is 5.68. The first-order valence-electron chi connectivity index (χ1n) is 11.3. The van der Waals surface area contributed by atoms with Gasteiger partial charge in [-0.1, -0.05) is 60.7 Å². The number of nitrogens with zero attached hydrogens (tertiary/aromatic N) is 1. The number of fused-ring (bicyclic) bond motifs is 1. The molecule has 1 heterocycles. The molecule has 3 amide bonds. The van der Waals surface area contributed by atoms with Crippen LogP contribution in [0, 0.1) is 0 Å². The Kier molecular flexibility index (Phi) is 7.62. The molecule has 4 rings (SSSR count). The lowest BCUT2D eigenvalue weighted by Gasteiger charge is -2.24. The Bertz CT molecular complexity index is 1200. The molecule has 8 nitrogen and oxygen atoms in total. The summed E-state index contributed by atoms with van der Waals surface area (Å²) in [6, 6.07) is 23.0. The van der Waals surface area contributed by atoms with E-state index >= 15 is 0 Å². The minimum atomic E-state index is -0.805. The van der Waals surface area contributed by atoms with Crippen LogP contribution in [0.1, 0.15) is 27.5 Å². The monoisotopic (exact) mass is 473 g/mol. The van der Waals surface area contributed by atoms with Crippen molar-refractivity contribution in [3.05, 3.63) is 95.6 Å². The largest absolute Gasteiger partial charge is 0.493 e. The van der Waals surface area contributed by atoms with Crippen LogP contribution in [0.3, 0.4) is 0 Å². The summed E-state index contributed by atoms with van der Waals surface area (Å²) in [5.41, 5.74) is 2.05. The van der Waals surface area contributed by atoms with Gasteiger partial charge in [-0.25, -0.2) is 0 Å². The quantitative estimate of drug-likeness (QED) is 0.442. The van der Waals surface area contributed by atoms with Gasteiger partial charge < -0.3 is 25.0 Å². The van der Waals surface area contributed by atoms with Crippen LogP contribution in [0.2, 0.25) is 0 Å². The van der Waals surface area contributed by atoms with Crippen molar-refractivity contribution in [2.45, 2.75) is 12.6 Å². The van der Waals surface area contributed by atoms with Crippen molar-refractivity contribution in [2.75, 3.05) is 26.8 Å². The van der Waals surface area contributed by atoms with E-state index in [4.69, 9.17) is 9.47 Å². The first-order chi connectivity index (χ1) is 17.1. The lowest BCUT2D eigenvalue weighted by atomic mass is 10.0. The van der Waals surface area contributed by atoms with Gasteiger partial charge in [-0.2, -0.15) is 0 Å². The number of amides is 3. The van der Waals surface area contributed by atoms with E-state index in [2.05, 4.69) is 10.6 Å². The van der Waals surface area contributed by atoms with Crippen LogP contribution >= 0.6 is 0 Å². The molecule has 0 bridgehead atoms. The third-order valence-corrected chi connectivity index (χ3v) is 5.68. The average molecular weight is 474 g/mol. The van der Waals surface area contributed by atoms with Crippen LogP contribution in [0.15, 0.2) is 78.9 Å². The zero-order valence-electron chi connectivity index (χ0n) is 19.4. The van der Waals surface area contributed by atoms with Crippen LogP contribution in [0.5, 0.6) is 11.5 Å². The van der Waals surface area contributed by atoms with E-state index in [1.807, 2.05) is 42.5 Å². The fraction of sp³-hybridized carbons (Fsp3) is 0.222. The zero-order chi connectivity index (χ0) is 24.6. The molecule has 1 aliphatic rings. The standard InChI is InChI=1S/C27H27N3O5/c1-34-22-13-7-8-14-23(22)35-16-15-28-24(31)17-29-26(32)25-20-11-5-6-12-21(20)27(33)30(25)18-19-9-3-2-4-10-19/h2-14,25H,15-18H2,1H3,(H,28,31)(H,29,32)/t25-/m1/s1. The van der Waals surface area contributed by atoms with Gasteiger partial charge in [0.15, 0.2) is 11.5 Å². The van der Waals surface area contributed by atoms with E-state index in [0.717, 1.165) is 5.56 Å². The number of benzene rings is 3. The smallest absolute Gasteiger partial charge is 0.255 e. The summed E-state index contributed by atoms with van der Waals surface area (Å²) < 4.78 is 10.9. The molecular weight excluding hydrogens is 446 g/mol. The maximum absolute atomic E-state index is 13.1. The molecule has 2 N–H and O–H groups in total. The van der Waals surface area contributed by atoms with Crippen LogP contribution < -0.4 is 20.1 Å². The molecular formula is C27H27N3O5. The first kappa shape index (κ1) is 23.8. The number of para-hydroxylation sites is 2. The highest BCUT2D eigenvalue weighted by molar-refractivity contribution is 6.05. The third kappa shape index (κ3) is 5.60. The molecule has 0 radical (unpaired) electrons. The van der Waals surface area contributed by atoms with Crippen LogP contribution in [-0.2, 0) is 16.1 Å². The lowest BCUT2D eigenvalue weighted by molar-refractivity contribution is -0.129. The van der Waals surface area contributed by atoms with Gasteiger partial charge in [0.05, 0.1) is 20.2 Å². The zero-order valence-corrected chi connectivity index (χ0v) is 19.4. The fourth-order valence-electron chi connectivity index (χ4n) is 4.01. The predicted molar refractivity (Wildman–Crippen MR) is 130 cm³/mol. The molecule has 1 aliphatic heterocycles. The summed E-state index contributed by atoms with van der Waals surface area (Å²) in [4.78, 5) is 40.0. The van der Waals surface area contributed by atoms with E-state index in [1.54, 1.807) is 43.5 Å². The van der Waals surface area contributed by atoms with Gasteiger partial charge in [0.25, 0.3) is 5.91 Å². The molecule has 0 saturated heterocycles. The SMILES string of the molecule is COc1ccccc1OCCNC(=O)CNC(=O)[C@H]1c2ccccc2C(=O)N1Cc1ccccc1. The molecule has 35 heavy (non-hydrogen) atoms. The number of nitrogens with one attached hydrogen (secondary N) is 2. The Labute approximate surface area is 203 Å². The van der Waals surface area contributed by atoms with Gasteiger partial charge in [0, 0.05) is 12.1 Å². The van der Waals surface area contributed by atoms with Crippen molar-refractivity contribution in [1.82, 2.24) is 15.5 Å². The van der Waals surface area contributed by atoms with E-state index in [0.29, 0.717) is 29.2 Å². The molecule has 0 fully saturated rings. The van der Waals surface area contributed by atoms with Gasteiger partial charge in [-0.05, 0) is 29.3 Å². The van der Waals surface area contributed by atoms with E-state index in [1.165, 1.54) is 4.90 Å². The minimum absolute atomic E-state index is 0.206.